The molecule has 1 rings (SSSR count). The van der Waals surface area contributed by atoms with Gasteiger partial charge >= 0.3 is 5.97 Å². The standard InChI is InChI=1S/C17H26N2O5S/c1-6-19(7-2)25(23,24)13-9-8-12(5)14(10-13)16(20)18-15(11(3)4)17(21)22/h8-11,15H,6-7H2,1-5H3,(H,18,20)(H,21,22)/t15-/m1/s1. The maximum Gasteiger partial charge on any atom is 0.326 e. The second-order valence-corrected chi connectivity index (χ2v) is 8.04. The van der Waals surface area contributed by atoms with E-state index >= 15 is 0 Å². The van der Waals surface area contributed by atoms with E-state index in [9.17, 15) is 23.1 Å². The third kappa shape index (κ3) is 4.79. The van der Waals surface area contributed by atoms with E-state index in [1.807, 2.05) is 0 Å². The highest BCUT2D eigenvalue weighted by Crippen LogP contribution is 2.20. The van der Waals surface area contributed by atoms with Crippen molar-refractivity contribution in [3.8, 4) is 0 Å². The Kier molecular flexibility index (Phi) is 7.13. The Hall–Kier alpha value is -1.93. The number of rotatable bonds is 8. The molecule has 0 fully saturated rings. The van der Waals surface area contributed by atoms with Gasteiger partial charge in [0.15, 0.2) is 0 Å². The van der Waals surface area contributed by atoms with Gasteiger partial charge in [-0.2, -0.15) is 4.31 Å². The lowest BCUT2D eigenvalue weighted by Crippen LogP contribution is -2.44. The van der Waals surface area contributed by atoms with Crippen LogP contribution in [0.5, 0.6) is 0 Å². The molecule has 7 nitrogen and oxygen atoms in total. The second kappa shape index (κ2) is 8.44. The van der Waals surface area contributed by atoms with E-state index in [0.29, 0.717) is 18.7 Å². The summed E-state index contributed by atoms with van der Waals surface area (Å²) >= 11 is 0. The first-order valence-corrected chi connectivity index (χ1v) is 9.64. The fourth-order valence-electron chi connectivity index (χ4n) is 2.45. The van der Waals surface area contributed by atoms with Gasteiger partial charge < -0.3 is 10.4 Å². The van der Waals surface area contributed by atoms with Crippen LogP contribution in [-0.2, 0) is 14.8 Å². The summed E-state index contributed by atoms with van der Waals surface area (Å²) in [5, 5.41) is 11.7. The monoisotopic (exact) mass is 370 g/mol. The van der Waals surface area contributed by atoms with Gasteiger partial charge in [0.2, 0.25) is 10.0 Å². The van der Waals surface area contributed by atoms with E-state index in [0.717, 1.165) is 0 Å². The molecular weight excluding hydrogens is 344 g/mol. The number of hydrogen-bond donors (Lipinski definition) is 2. The molecule has 0 aromatic heterocycles. The smallest absolute Gasteiger partial charge is 0.326 e. The number of carbonyl (C=O) groups excluding carboxylic acids is 1. The minimum atomic E-state index is -3.70. The summed E-state index contributed by atoms with van der Waals surface area (Å²) in [7, 11) is -3.70. The average Bonchev–Trinajstić information content (AvgIpc) is 2.52. The lowest BCUT2D eigenvalue weighted by molar-refractivity contribution is -0.140. The molecule has 1 atom stereocenters. The average molecular weight is 370 g/mol. The van der Waals surface area contributed by atoms with Crippen LogP contribution >= 0.6 is 0 Å². The van der Waals surface area contributed by atoms with Crippen molar-refractivity contribution in [3.63, 3.8) is 0 Å². The van der Waals surface area contributed by atoms with E-state index in [4.69, 9.17) is 0 Å². The molecule has 0 aliphatic rings. The Bertz CT molecular complexity index is 739. The maximum absolute atomic E-state index is 12.6. The predicted molar refractivity (Wildman–Crippen MR) is 95.0 cm³/mol. The van der Waals surface area contributed by atoms with Crippen LogP contribution in [0.3, 0.4) is 0 Å². The molecule has 0 unspecified atom stereocenters. The summed E-state index contributed by atoms with van der Waals surface area (Å²) < 4.78 is 26.5. The van der Waals surface area contributed by atoms with Crippen molar-refractivity contribution in [2.24, 2.45) is 5.92 Å². The molecule has 0 saturated carbocycles. The molecule has 8 heteroatoms. The van der Waals surface area contributed by atoms with Crippen LogP contribution in [0.25, 0.3) is 0 Å². The molecule has 0 bridgehead atoms. The van der Waals surface area contributed by atoms with Gasteiger partial charge in [-0.1, -0.05) is 33.8 Å². The molecule has 0 heterocycles. The van der Waals surface area contributed by atoms with Gasteiger partial charge in [0.05, 0.1) is 4.90 Å². The van der Waals surface area contributed by atoms with Crippen molar-refractivity contribution in [2.75, 3.05) is 13.1 Å². The molecule has 0 saturated heterocycles. The van der Waals surface area contributed by atoms with Gasteiger partial charge in [-0.25, -0.2) is 13.2 Å². The van der Waals surface area contributed by atoms with Gasteiger partial charge in [0.1, 0.15) is 6.04 Å². The summed E-state index contributed by atoms with van der Waals surface area (Å²) in [5.74, 6) is -2.03. The SMILES string of the molecule is CCN(CC)S(=O)(=O)c1ccc(C)c(C(=O)N[C@@H](C(=O)O)C(C)C)c1. The zero-order valence-electron chi connectivity index (χ0n) is 15.2. The zero-order valence-corrected chi connectivity index (χ0v) is 16.1. The van der Waals surface area contributed by atoms with Crippen LogP contribution in [0.2, 0.25) is 0 Å². The molecular formula is C17H26N2O5S. The highest BCUT2D eigenvalue weighted by Gasteiger charge is 2.27. The molecule has 1 aromatic carbocycles. The molecule has 0 spiro atoms. The van der Waals surface area contributed by atoms with E-state index in [-0.39, 0.29) is 16.4 Å². The van der Waals surface area contributed by atoms with Gasteiger partial charge in [-0.3, -0.25) is 4.79 Å². The third-order valence-corrected chi connectivity index (χ3v) is 6.06. The lowest BCUT2D eigenvalue weighted by atomic mass is 10.0. The number of carboxylic acid groups (broad SMARTS) is 1. The largest absolute Gasteiger partial charge is 0.480 e. The molecule has 1 amide bonds. The topological polar surface area (TPSA) is 104 Å². The quantitative estimate of drug-likeness (QED) is 0.727. The molecule has 0 aliphatic heterocycles. The Morgan fingerprint density at radius 2 is 1.76 bits per heavy atom. The number of carbonyl (C=O) groups is 2. The first kappa shape index (κ1) is 21.1. The number of carboxylic acids is 1. The Balaban J connectivity index is 3.26. The molecule has 0 aliphatic carbocycles. The van der Waals surface area contributed by atoms with E-state index in [1.54, 1.807) is 40.7 Å². The minimum absolute atomic E-state index is 0.0170. The summed E-state index contributed by atoms with van der Waals surface area (Å²) in [4.78, 5) is 23.8. The fourth-order valence-corrected chi connectivity index (χ4v) is 3.94. The number of aryl methyl sites for hydroxylation is 1. The highest BCUT2D eigenvalue weighted by atomic mass is 32.2. The summed E-state index contributed by atoms with van der Waals surface area (Å²) in [6.07, 6.45) is 0. The number of sulfonamides is 1. The van der Waals surface area contributed by atoms with E-state index in [1.165, 1.54) is 16.4 Å². The maximum atomic E-state index is 12.6. The van der Waals surface area contributed by atoms with Crippen molar-refractivity contribution >= 4 is 21.9 Å². The van der Waals surface area contributed by atoms with Crippen LogP contribution in [0.4, 0.5) is 0 Å². The number of nitrogens with zero attached hydrogens (tertiary/aromatic N) is 1. The molecule has 1 aromatic rings. The van der Waals surface area contributed by atoms with Gasteiger partial charge in [-0.05, 0) is 30.5 Å². The Morgan fingerprint density at radius 3 is 2.20 bits per heavy atom. The zero-order chi connectivity index (χ0) is 19.4. The van der Waals surface area contributed by atoms with Gasteiger partial charge in [-0.15, -0.1) is 0 Å². The minimum Gasteiger partial charge on any atom is -0.480 e. The number of hydrogen-bond acceptors (Lipinski definition) is 4. The molecule has 0 radical (unpaired) electrons. The first-order valence-electron chi connectivity index (χ1n) is 8.20. The highest BCUT2D eigenvalue weighted by molar-refractivity contribution is 7.89. The first-order chi connectivity index (χ1) is 11.6. The normalized spacial score (nSPS) is 13.1. The third-order valence-electron chi connectivity index (χ3n) is 4.02. The fraction of sp³-hybridized carbons (Fsp3) is 0.529. The number of amides is 1. The van der Waals surface area contributed by atoms with Crippen molar-refractivity contribution < 1.29 is 23.1 Å². The Morgan fingerprint density at radius 1 is 1.20 bits per heavy atom. The second-order valence-electron chi connectivity index (χ2n) is 6.10. The van der Waals surface area contributed by atoms with Crippen LogP contribution in [-0.4, -0.2) is 48.8 Å². The number of nitrogens with one attached hydrogen (secondary N) is 1. The predicted octanol–water partition coefficient (Wildman–Crippen LogP) is 1.86. The van der Waals surface area contributed by atoms with Gasteiger partial charge in [0.25, 0.3) is 5.91 Å². The molecule has 25 heavy (non-hydrogen) atoms. The lowest BCUT2D eigenvalue weighted by Gasteiger charge is -2.21. The van der Waals surface area contributed by atoms with Crippen LogP contribution in [0, 0.1) is 12.8 Å². The summed E-state index contributed by atoms with van der Waals surface area (Å²) in [5.41, 5.74) is 0.726. The molecule has 140 valence electrons. The van der Waals surface area contributed by atoms with Gasteiger partial charge in [0, 0.05) is 18.7 Å². The Labute approximate surface area is 149 Å². The number of benzene rings is 1. The number of aliphatic carboxylic acids is 1. The van der Waals surface area contributed by atoms with Crippen LogP contribution in [0.15, 0.2) is 23.1 Å². The summed E-state index contributed by atoms with van der Waals surface area (Å²) in [6, 6.07) is 3.26. The van der Waals surface area contributed by atoms with Crippen molar-refractivity contribution in [1.29, 1.82) is 0 Å². The van der Waals surface area contributed by atoms with E-state index in [2.05, 4.69) is 5.32 Å². The van der Waals surface area contributed by atoms with E-state index < -0.39 is 27.9 Å². The van der Waals surface area contributed by atoms with Crippen LogP contribution < -0.4 is 5.32 Å². The van der Waals surface area contributed by atoms with Crippen molar-refractivity contribution in [3.05, 3.63) is 29.3 Å². The van der Waals surface area contributed by atoms with Crippen molar-refractivity contribution in [1.82, 2.24) is 9.62 Å². The summed E-state index contributed by atoms with van der Waals surface area (Å²) in [6.45, 7) is 9.17. The molecule has 2 N–H and O–H groups in total. The van der Waals surface area contributed by atoms with Crippen LogP contribution in [0.1, 0.15) is 43.6 Å². The van der Waals surface area contributed by atoms with Crippen molar-refractivity contribution in [2.45, 2.75) is 45.6 Å².